The normalized spacial score (nSPS) is 13.0. The predicted octanol–water partition coefficient (Wildman–Crippen LogP) is 3.02. The van der Waals surface area contributed by atoms with E-state index in [2.05, 4.69) is 25.8 Å². The van der Waals surface area contributed by atoms with Crippen molar-refractivity contribution in [3.05, 3.63) is 45.8 Å². The number of sulfonamides is 1. The first kappa shape index (κ1) is 21.6. The van der Waals surface area contributed by atoms with E-state index in [0.29, 0.717) is 18.0 Å². The second-order valence-corrected chi connectivity index (χ2v) is 9.42. The molecule has 1 aromatic heterocycles. The maximum atomic E-state index is 12.9. The van der Waals surface area contributed by atoms with Crippen molar-refractivity contribution in [3.8, 4) is 0 Å². The second-order valence-electron chi connectivity index (χ2n) is 6.79. The molecular weight excluding hydrogens is 434 g/mol. The molecular formula is C18H24BrN3O4S. The van der Waals surface area contributed by atoms with Crippen molar-refractivity contribution < 1.29 is 17.7 Å². The van der Waals surface area contributed by atoms with Crippen LogP contribution in [0, 0.1) is 19.8 Å². The molecule has 0 saturated heterocycles. The smallest absolute Gasteiger partial charge is 0.241 e. The molecule has 1 heterocycles. The maximum Gasteiger partial charge on any atom is 0.241 e. The summed E-state index contributed by atoms with van der Waals surface area (Å²) in [4.78, 5) is 14.5. The molecule has 148 valence electrons. The zero-order valence-corrected chi connectivity index (χ0v) is 18.4. The largest absolute Gasteiger partial charge is 0.361 e. The molecule has 2 aromatic rings. The molecule has 0 fully saturated rings. The molecule has 0 unspecified atom stereocenters. The van der Waals surface area contributed by atoms with Gasteiger partial charge in [0.1, 0.15) is 11.8 Å². The van der Waals surface area contributed by atoms with Gasteiger partial charge in [-0.25, -0.2) is 8.42 Å². The quantitative estimate of drug-likeness (QED) is 0.689. The number of aryl methyl sites for hydroxylation is 2. The van der Waals surface area contributed by atoms with E-state index in [1.807, 2.05) is 0 Å². The number of carbonyl (C=O) groups excluding carboxylic acids is 1. The fraction of sp³-hybridized carbons (Fsp3) is 0.444. The summed E-state index contributed by atoms with van der Waals surface area (Å²) in [6.07, 6.45) is 0. The summed E-state index contributed by atoms with van der Waals surface area (Å²) in [6.45, 7) is 7.49. The van der Waals surface area contributed by atoms with Crippen LogP contribution in [0.15, 0.2) is 38.2 Å². The second kappa shape index (κ2) is 8.53. The number of amides is 1. The van der Waals surface area contributed by atoms with Crippen LogP contribution in [0.3, 0.4) is 0 Å². The van der Waals surface area contributed by atoms with Gasteiger partial charge in [0.25, 0.3) is 0 Å². The molecule has 0 bridgehead atoms. The van der Waals surface area contributed by atoms with Crippen molar-refractivity contribution in [2.45, 2.75) is 45.2 Å². The van der Waals surface area contributed by atoms with Crippen molar-refractivity contribution in [1.82, 2.24) is 14.8 Å². The van der Waals surface area contributed by atoms with Gasteiger partial charge in [-0.15, -0.1) is 0 Å². The number of halogens is 1. The van der Waals surface area contributed by atoms with Crippen LogP contribution in [0.2, 0.25) is 0 Å². The molecule has 1 N–H and O–H groups in total. The van der Waals surface area contributed by atoms with Crippen LogP contribution in [0.1, 0.15) is 30.9 Å². The van der Waals surface area contributed by atoms with E-state index in [-0.39, 0.29) is 16.7 Å². The number of benzene rings is 1. The summed E-state index contributed by atoms with van der Waals surface area (Å²) in [5.41, 5.74) is 1.54. The third kappa shape index (κ3) is 5.18. The van der Waals surface area contributed by atoms with Gasteiger partial charge in [0.15, 0.2) is 0 Å². The molecule has 0 saturated carbocycles. The van der Waals surface area contributed by atoms with E-state index < -0.39 is 16.1 Å². The van der Waals surface area contributed by atoms with Crippen LogP contribution < -0.4 is 4.72 Å². The van der Waals surface area contributed by atoms with Gasteiger partial charge in [0, 0.05) is 17.1 Å². The molecule has 7 nitrogen and oxygen atoms in total. The first-order valence-electron chi connectivity index (χ1n) is 8.47. The lowest BCUT2D eigenvalue weighted by Crippen LogP contribution is -2.49. The van der Waals surface area contributed by atoms with Crippen molar-refractivity contribution in [2.24, 2.45) is 5.92 Å². The summed E-state index contributed by atoms with van der Waals surface area (Å²) < 4.78 is 33.8. The SMILES string of the molecule is Cc1noc(C)c1CN(C)C(=O)[C@@H](NS(=O)(=O)c1ccc(Br)cc1)C(C)C. The Balaban J connectivity index is 2.20. The van der Waals surface area contributed by atoms with Gasteiger partial charge in [-0.05, 0) is 44.0 Å². The molecule has 1 amide bonds. The van der Waals surface area contributed by atoms with Crippen LogP contribution in [-0.4, -0.2) is 37.5 Å². The molecule has 0 spiro atoms. The van der Waals surface area contributed by atoms with Gasteiger partial charge in [-0.1, -0.05) is 34.9 Å². The van der Waals surface area contributed by atoms with Crippen LogP contribution in [0.4, 0.5) is 0 Å². The highest BCUT2D eigenvalue weighted by molar-refractivity contribution is 9.10. The van der Waals surface area contributed by atoms with Gasteiger partial charge in [-0.3, -0.25) is 4.79 Å². The average molecular weight is 458 g/mol. The Kier molecular flexibility index (Phi) is 6.82. The Labute approximate surface area is 168 Å². The minimum absolute atomic E-state index is 0.109. The molecule has 9 heteroatoms. The van der Waals surface area contributed by atoms with Gasteiger partial charge in [0.05, 0.1) is 17.1 Å². The summed E-state index contributed by atoms with van der Waals surface area (Å²) in [5.74, 6) is 0.101. The number of aromatic nitrogens is 1. The molecule has 1 atom stereocenters. The standard InChI is InChI=1S/C18H24BrN3O4S/c1-11(2)17(21-27(24,25)15-8-6-14(19)7-9-15)18(23)22(5)10-16-12(3)20-26-13(16)4/h6-9,11,17,21H,10H2,1-5H3/t17-/m0/s1. The Morgan fingerprint density at radius 3 is 2.33 bits per heavy atom. The molecule has 2 rings (SSSR count). The monoisotopic (exact) mass is 457 g/mol. The lowest BCUT2D eigenvalue weighted by molar-refractivity contribution is -0.133. The third-order valence-electron chi connectivity index (χ3n) is 4.29. The molecule has 0 aliphatic heterocycles. The first-order chi connectivity index (χ1) is 12.5. The predicted molar refractivity (Wildman–Crippen MR) is 106 cm³/mol. The summed E-state index contributed by atoms with van der Waals surface area (Å²) in [5, 5.41) is 3.89. The van der Waals surface area contributed by atoms with E-state index in [0.717, 1.165) is 10.0 Å². The van der Waals surface area contributed by atoms with E-state index in [1.54, 1.807) is 46.9 Å². The number of nitrogens with one attached hydrogen (secondary N) is 1. The Morgan fingerprint density at radius 1 is 1.26 bits per heavy atom. The number of nitrogens with zero attached hydrogens (tertiary/aromatic N) is 2. The first-order valence-corrected chi connectivity index (χ1v) is 10.7. The van der Waals surface area contributed by atoms with Gasteiger partial charge < -0.3 is 9.42 Å². The number of carbonyl (C=O) groups is 1. The minimum atomic E-state index is -3.83. The minimum Gasteiger partial charge on any atom is -0.361 e. The number of hydrogen-bond acceptors (Lipinski definition) is 5. The lowest BCUT2D eigenvalue weighted by atomic mass is 10.0. The summed E-state index contributed by atoms with van der Waals surface area (Å²) in [6, 6.07) is 5.38. The number of likely N-dealkylation sites (N-methyl/N-ethyl adjacent to an activating group) is 1. The van der Waals surface area contributed by atoms with Crippen molar-refractivity contribution in [3.63, 3.8) is 0 Å². The van der Waals surface area contributed by atoms with Crippen molar-refractivity contribution >= 4 is 31.9 Å². The molecule has 0 radical (unpaired) electrons. The van der Waals surface area contributed by atoms with Crippen LogP contribution in [0.25, 0.3) is 0 Å². The zero-order valence-electron chi connectivity index (χ0n) is 16.0. The van der Waals surface area contributed by atoms with Crippen molar-refractivity contribution in [1.29, 1.82) is 0 Å². The molecule has 0 aliphatic carbocycles. The fourth-order valence-corrected chi connectivity index (χ4v) is 4.20. The van der Waals surface area contributed by atoms with Crippen molar-refractivity contribution in [2.75, 3.05) is 7.05 Å². The summed E-state index contributed by atoms with van der Waals surface area (Å²) in [7, 11) is -2.19. The highest BCUT2D eigenvalue weighted by Crippen LogP contribution is 2.18. The number of rotatable bonds is 7. The Hall–Kier alpha value is -1.71. The topological polar surface area (TPSA) is 92.5 Å². The van der Waals surface area contributed by atoms with E-state index >= 15 is 0 Å². The highest BCUT2D eigenvalue weighted by atomic mass is 79.9. The van der Waals surface area contributed by atoms with Crippen LogP contribution in [-0.2, 0) is 21.4 Å². The zero-order chi connectivity index (χ0) is 20.4. The van der Waals surface area contributed by atoms with E-state index in [4.69, 9.17) is 4.52 Å². The Morgan fingerprint density at radius 2 is 1.85 bits per heavy atom. The van der Waals surface area contributed by atoms with Gasteiger partial charge in [-0.2, -0.15) is 4.72 Å². The molecule has 0 aliphatic rings. The molecule has 1 aromatic carbocycles. The third-order valence-corrected chi connectivity index (χ3v) is 6.28. The maximum absolute atomic E-state index is 12.9. The average Bonchev–Trinajstić information content (AvgIpc) is 2.91. The van der Waals surface area contributed by atoms with Crippen LogP contribution >= 0.6 is 15.9 Å². The lowest BCUT2D eigenvalue weighted by Gasteiger charge is -2.27. The van der Waals surface area contributed by atoms with Gasteiger partial charge >= 0.3 is 0 Å². The number of hydrogen-bond donors (Lipinski definition) is 1. The molecule has 27 heavy (non-hydrogen) atoms. The van der Waals surface area contributed by atoms with Crippen LogP contribution in [0.5, 0.6) is 0 Å². The summed E-state index contributed by atoms with van der Waals surface area (Å²) >= 11 is 3.28. The highest BCUT2D eigenvalue weighted by Gasteiger charge is 2.31. The Bertz CT molecular complexity index is 888. The van der Waals surface area contributed by atoms with Gasteiger partial charge in [0.2, 0.25) is 15.9 Å². The van der Waals surface area contributed by atoms with E-state index in [9.17, 15) is 13.2 Å². The fourth-order valence-electron chi connectivity index (χ4n) is 2.60. The van der Waals surface area contributed by atoms with E-state index in [1.165, 1.54) is 17.0 Å².